The Labute approximate surface area is 287 Å². The van der Waals surface area contributed by atoms with E-state index in [1.165, 1.54) is 11.0 Å². The molecule has 4 N–H and O–H groups in total. The average Bonchev–Trinajstić information content (AvgIpc) is 3.91. The number of aromatic nitrogens is 1. The van der Waals surface area contributed by atoms with Gasteiger partial charge in [0, 0.05) is 36.3 Å². The summed E-state index contributed by atoms with van der Waals surface area (Å²) < 4.78 is 54.4. The lowest BCUT2D eigenvalue weighted by Crippen LogP contribution is -2.68. The number of benzene rings is 1. The van der Waals surface area contributed by atoms with Gasteiger partial charge in [-0.2, -0.15) is 0 Å². The summed E-state index contributed by atoms with van der Waals surface area (Å²) in [5.74, 6) is -1.27. The van der Waals surface area contributed by atoms with Crippen molar-refractivity contribution in [2.75, 3.05) is 6.54 Å². The number of sulfonamides is 1. The molecule has 0 bridgehead atoms. The third-order valence-corrected chi connectivity index (χ3v) is 12.9. The fraction of sp³-hybridized carbons (Fsp3) is 0.611. The highest BCUT2D eigenvalue weighted by Crippen LogP contribution is 2.57. The summed E-state index contributed by atoms with van der Waals surface area (Å²) in [7, 11) is -3.91. The van der Waals surface area contributed by atoms with Crippen LogP contribution in [0.1, 0.15) is 90.5 Å². The van der Waals surface area contributed by atoms with Crippen LogP contribution in [0.4, 0.5) is 4.39 Å². The van der Waals surface area contributed by atoms with Crippen molar-refractivity contribution >= 4 is 38.5 Å². The van der Waals surface area contributed by atoms with Gasteiger partial charge in [-0.3, -0.25) is 19.1 Å². The number of ether oxygens (including phenoxy) is 2. The summed E-state index contributed by atoms with van der Waals surface area (Å²) in [4.78, 5) is 48.0. The second kappa shape index (κ2) is 13.3. The van der Waals surface area contributed by atoms with E-state index in [4.69, 9.17) is 9.47 Å². The van der Waals surface area contributed by atoms with E-state index in [1.54, 1.807) is 26.0 Å². The van der Waals surface area contributed by atoms with Gasteiger partial charge in [0.15, 0.2) is 11.8 Å². The topological polar surface area (TPSA) is 160 Å². The molecule has 2 saturated carbocycles. The van der Waals surface area contributed by atoms with E-state index < -0.39 is 50.1 Å². The Hall–Kier alpha value is -3.58. The zero-order chi connectivity index (χ0) is 35.3. The van der Waals surface area contributed by atoms with Crippen LogP contribution in [0.25, 0.3) is 10.9 Å². The van der Waals surface area contributed by atoms with Gasteiger partial charge in [0.05, 0.1) is 34.4 Å². The normalized spacial score (nSPS) is 29.4. The van der Waals surface area contributed by atoms with Crippen LogP contribution in [0.3, 0.4) is 0 Å². The molecule has 2 aliphatic heterocycles. The first-order chi connectivity index (χ1) is 23.1. The minimum atomic E-state index is -3.91. The molecule has 3 heterocycles. The van der Waals surface area contributed by atoms with Crippen LogP contribution in [0.5, 0.6) is 11.6 Å². The number of hydrogen-bond donors (Lipinski definition) is 2. The van der Waals surface area contributed by atoms with Gasteiger partial charge >= 0.3 is 0 Å². The van der Waals surface area contributed by atoms with Gasteiger partial charge in [-0.1, -0.05) is 18.6 Å². The van der Waals surface area contributed by atoms with Gasteiger partial charge in [0.25, 0.3) is 5.91 Å². The van der Waals surface area contributed by atoms with E-state index in [0.29, 0.717) is 47.9 Å². The Balaban J connectivity index is 1.31. The smallest absolute Gasteiger partial charge is 0.281 e. The van der Waals surface area contributed by atoms with Crippen LogP contribution in [-0.4, -0.2) is 71.5 Å². The highest BCUT2D eigenvalue weighted by molar-refractivity contribution is 7.91. The van der Waals surface area contributed by atoms with Crippen LogP contribution in [0.15, 0.2) is 30.4 Å². The predicted octanol–water partition coefficient (Wildman–Crippen LogP) is 3.91. The van der Waals surface area contributed by atoms with Gasteiger partial charge in [0.1, 0.15) is 17.7 Å². The summed E-state index contributed by atoms with van der Waals surface area (Å²) in [6, 6.07) is 3.13. The Bertz CT molecular complexity index is 1790. The third-order valence-electron chi connectivity index (χ3n) is 10.7. The maximum Gasteiger partial charge on any atom is 0.281 e. The summed E-state index contributed by atoms with van der Waals surface area (Å²) in [5, 5.41) is 0.570. The second-order valence-corrected chi connectivity index (χ2v) is 17.1. The molecular formula is C36H48FN4O7S+. The number of nitrogens with zero attached hydrogens (tertiary/aromatic N) is 2. The van der Waals surface area contributed by atoms with Crippen molar-refractivity contribution in [3.05, 3.63) is 41.7 Å². The van der Waals surface area contributed by atoms with Gasteiger partial charge in [-0.15, -0.1) is 0 Å². The van der Waals surface area contributed by atoms with E-state index in [2.05, 4.69) is 15.4 Å². The number of rotatable bonds is 7. The van der Waals surface area contributed by atoms with Crippen LogP contribution >= 0.6 is 0 Å². The van der Waals surface area contributed by atoms with Crippen molar-refractivity contribution in [3.63, 3.8) is 0 Å². The predicted molar refractivity (Wildman–Crippen MR) is 181 cm³/mol. The van der Waals surface area contributed by atoms with Gasteiger partial charge in [-0.05, 0) is 84.3 Å². The molecule has 49 heavy (non-hydrogen) atoms. The number of Topliss-reactive ketones (excluding diaryl/α,β-unsaturated/α-hetero) is 1. The number of pyridine rings is 1. The van der Waals surface area contributed by atoms with Crippen LogP contribution in [-0.2, 0) is 24.4 Å². The number of hydrogen-bond acceptors (Lipinski definition) is 8. The molecule has 6 rings (SSSR count). The van der Waals surface area contributed by atoms with Crippen molar-refractivity contribution in [1.29, 1.82) is 0 Å². The quantitative estimate of drug-likeness (QED) is 0.412. The number of allylic oxidation sites excluding steroid dienone is 2. The zero-order valence-electron chi connectivity index (χ0n) is 28.8. The molecule has 11 nitrogen and oxygen atoms in total. The monoisotopic (exact) mass is 699 g/mol. The Morgan fingerprint density at radius 3 is 2.65 bits per heavy atom. The van der Waals surface area contributed by atoms with E-state index in [9.17, 15) is 27.2 Å². The highest BCUT2D eigenvalue weighted by Gasteiger charge is 2.62. The molecule has 3 fully saturated rings. The molecule has 13 heteroatoms. The molecule has 0 radical (unpaired) electrons. The fourth-order valence-corrected chi connectivity index (χ4v) is 8.49. The number of amides is 2. The minimum absolute atomic E-state index is 0.112. The van der Waals surface area contributed by atoms with E-state index in [1.807, 2.05) is 26.0 Å². The first-order valence-electron chi connectivity index (χ1n) is 17.5. The van der Waals surface area contributed by atoms with Gasteiger partial charge in [0.2, 0.25) is 21.8 Å². The average molecular weight is 700 g/mol. The lowest BCUT2D eigenvalue weighted by Gasteiger charge is -2.26. The first kappa shape index (κ1) is 35.3. The molecular weight excluding hydrogens is 651 g/mol. The molecule has 1 aromatic heterocycles. The molecule has 2 amide bonds. The minimum Gasteiger partial charge on any atom is -0.488 e. The molecule has 5 atom stereocenters. The molecule has 266 valence electrons. The Morgan fingerprint density at radius 1 is 1.18 bits per heavy atom. The van der Waals surface area contributed by atoms with Crippen molar-refractivity contribution in [2.45, 2.75) is 121 Å². The van der Waals surface area contributed by atoms with E-state index >= 15 is 0 Å². The van der Waals surface area contributed by atoms with Crippen LogP contribution in [0, 0.1) is 24.1 Å². The number of fused-ring (bicyclic) bond motifs is 3. The summed E-state index contributed by atoms with van der Waals surface area (Å²) >= 11 is 0. The highest BCUT2D eigenvalue weighted by atomic mass is 32.2. The van der Waals surface area contributed by atoms with Crippen LogP contribution < -0.4 is 19.9 Å². The Morgan fingerprint density at radius 2 is 1.94 bits per heavy atom. The van der Waals surface area contributed by atoms with Crippen molar-refractivity contribution in [1.82, 2.24) is 14.6 Å². The number of halogens is 1. The second-order valence-electron chi connectivity index (χ2n) is 14.9. The molecule has 2 aromatic rings. The van der Waals surface area contributed by atoms with Crippen molar-refractivity contribution in [2.24, 2.45) is 11.3 Å². The standard InChI is InChI=1S/C36H47FN4O7S/c1-21(2)47-31-17-30(25-12-13-26(37)22(3)32(25)39-31)48-24-16-28-29(42)19-36(34(44)40-49(45,46)35(4)14-15-35)18-23(36)10-8-6-5-7-9-11-27(38)33(43)41(28)20-24/h8,10,12-13,17,21,23-24,27-28H,5-7,9,11,14-16,18-20,38H2,1-4H3,(H,40,44)/p+1/b10-8-/t23-,24+,27-,28-,36+/m0/s1. The maximum atomic E-state index is 14.6. The molecule has 2 aliphatic carbocycles. The summed E-state index contributed by atoms with van der Waals surface area (Å²) in [6.07, 6.45) is 8.41. The van der Waals surface area contributed by atoms with Crippen molar-refractivity contribution < 1.29 is 42.4 Å². The number of carbonyl (C=O) groups is 3. The fourth-order valence-electron chi connectivity index (χ4n) is 7.16. The Kier molecular flexibility index (Phi) is 9.55. The van der Waals surface area contributed by atoms with Gasteiger partial charge in [-0.25, -0.2) is 17.8 Å². The number of quaternary nitrogens is 1. The summed E-state index contributed by atoms with van der Waals surface area (Å²) in [5.41, 5.74) is 3.67. The largest absolute Gasteiger partial charge is 0.488 e. The lowest BCUT2D eigenvalue weighted by molar-refractivity contribution is -0.407. The molecule has 0 unspecified atom stereocenters. The summed E-state index contributed by atoms with van der Waals surface area (Å²) in [6.45, 7) is 7.07. The lowest BCUT2D eigenvalue weighted by atomic mass is 9.91. The SMILES string of the molecule is Cc1c(F)ccc2c(O[C@@H]3C[C@H]4C(=O)C[C@]5(C(=O)NS(=O)(=O)C6(C)CC6)C[C@@H]5/C=C\CCCCC[C@H]([NH3+])C(=O)N4C3)cc(OC(C)C)nc12. The number of nitrogens with one attached hydrogen (secondary N) is 1. The molecule has 4 aliphatic rings. The number of carbonyl (C=O) groups excluding carboxylic acids is 3. The van der Waals surface area contributed by atoms with Crippen molar-refractivity contribution in [3.8, 4) is 11.6 Å². The third kappa shape index (κ3) is 7.06. The van der Waals surface area contributed by atoms with E-state index in [-0.39, 0.29) is 49.0 Å². The zero-order valence-corrected chi connectivity index (χ0v) is 29.6. The van der Waals surface area contributed by atoms with Gasteiger partial charge < -0.3 is 20.1 Å². The molecule has 0 spiro atoms. The molecule has 1 saturated heterocycles. The van der Waals surface area contributed by atoms with E-state index in [0.717, 1.165) is 25.7 Å². The maximum absolute atomic E-state index is 14.6. The first-order valence-corrected chi connectivity index (χ1v) is 19.0. The van der Waals surface area contributed by atoms with Crippen LogP contribution in [0.2, 0.25) is 0 Å². The number of ketones is 1. The number of aryl methyl sites for hydroxylation is 1. The molecule has 1 aromatic carbocycles.